The summed E-state index contributed by atoms with van der Waals surface area (Å²) in [5.74, 6) is -2.04. The number of carbonyl (C=O) groups excluding carboxylic acids is 2. The first-order chi connectivity index (χ1) is 29.0. The number of aliphatic hydroxyl groups is 3. The summed E-state index contributed by atoms with van der Waals surface area (Å²) in [5.41, 5.74) is 0. The molecule has 1 rings (SSSR count). The number of carbonyl (C=O) groups is 2. The molecule has 1 fully saturated rings. The molecule has 0 amide bonds. The Morgan fingerprint density at radius 3 is 1.62 bits per heavy atom. The number of hydrogen-bond acceptors (Lipinski definition) is 11. The largest absolute Gasteiger partial charge is 0.462 e. The molecule has 0 saturated carbocycles. The zero-order chi connectivity index (χ0) is 44.1. The topological polar surface area (TPSA) is 186 Å². The van der Waals surface area contributed by atoms with Gasteiger partial charge in [0.1, 0.15) is 36.8 Å². The van der Waals surface area contributed by atoms with Gasteiger partial charge in [-0.15, -0.1) is 0 Å². The molecule has 0 radical (unpaired) electrons. The van der Waals surface area contributed by atoms with Crippen LogP contribution in [0.15, 0.2) is 60.8 Å². The molecule has 0 aromatic carbocycles. The summed E-state index contributed by atoms with van der Waals surface area (Å²) in [7, 11) is -4.61. The molecule has 1 aliphatic rings. The van der Waals surface area contributed by atoms with Crippen molar-refractivity contribution in [3.63, 3.8) is 0 Å². The van der Waals surface area contributed by atoms with Crippen LogP contribution in [0.5, 0.6) is 0 Å². The number of ether oxygens (including phenoxy) is 4. The molecule has 4 N–H and O–H groups in total. The van der Waals surface area contributed by atoms with Crippen LogP contribution in [0.25, 0.3) is 0 Å². The third-order valence-corrected chi connectivity index (χ3v) is 10.8. The van der Waals surface area contributed by atoms with Crippen molar-refractivity contribution in [2.45, 2.75) is 205 Å². The van der Waals surface area contributed by atoms with Gasteiger partial charge in [0.15, 0.2) is 12.4 Å². The Hall–Kier alpha value is -2.65. The van der Waals surface area contributed by atoms with Crippen LogP contribution < -0.4 is 0 Å². The van der Waals surface area contributed by atoms with Gasteiger partial charge in [0.2, 0.25) is 0 Å². The number of unbranched alkanes of at least 4 members (excludes halogenated alkanes) is 16. The standard InChI is InChI=1S/C47H80O12S/c1-3-5-7-9-11-13-15-17-19-20-22-24-26-28-30-32-34-36-43(49)58-40(38-57-47-46(52)45(51)44(50)41(59-47)39-60(53,54)55)37-56-42(48)35-33-31-29-27-25-23-21-18-16-14-12-10-8-6-4-2/h11,13-14,16-19,21-22,24,40-41,44-47,50-52H,3-10,12,15,20,23,25-39H2,1-2H3,(H,53,54,55)/b13-11+,16-14+,19-17+,21-18+,24-22+/t40-,41-,44-,45?,46?,47+/m1/s1. The van der Waals surface area contributed by atoms with Gasteiger partial charge in [-0.3, -0.25) is 14.1 Å². The minimum Gasteiger partial charge on any atom is -0.462 e. The van der Waals surface area contributed by atoms with E-state index in [1.807, 2.05) is 0 Å². The second-order valence-corrected chi connectivity index (χ2v) is 17.2. The van der Waals surface area contributed by atoms with Crippen molar-refractivity contribution in [2.24, 2.45) is 0 Å². The fourth-order valence-corrected chi connectivity index (χ4v) is 7.19. The maximum atomic E-state index is 12.8. The first-order valence-electron chi connectivity index (χ1n) is 22.9. The summed E-state index contributed by atoms with van der Waals surface area (Å²) >= 11 is 0. The zero-order valence-corrected chi connectivity index (χ0v) is 37.6. The SMILES string of the molecule is CCCCC/C=C/C/C=C/C/C=C/CCCCCCC(=O)O[C@H](COC(=O)CCCCCCC/C=C/C=C/CCCCCC)CO[C@H]1O[C@H](CS(=O)(=O)O)[C@@H](O)C(O)C1O. The highest BCUT2D eigenvalue weighted by molar-refractivity contribution is 7.85. The van der Waals surface area contributed by atoms with Gasteiger partial charge in [-0.1, -0.05) is 139 Å². The molecule has 1 saturated heterocycles. The Labute approximate surface area is 362 Å². The lowest BCUT2D eigenvalue weighted by Crippen LogP contribution is -2.60. The molecule has 0 spiro atoms. The van der Waals surface area contributed by atoms with Crippen molar-refractivity contribution in [3.05, 3.63) is 60.8 Å². The minimum atomic E-state index is -4.61. The summed E-state index contributed by atoms with van der Waals surface area (Å²) in [5, 5.41) is 30.9. The predicted octanol–water partition coefficient (Wildman–Crippen LogP) is 9.34. The molecule has 346 valence electrons. The predicted molar refractivity (Wildman–Crippen MR) is 238 cm³/mol. The van der Waals surface area contributed by atoms with Crippen molar-refractivity contribution in [1.82, 2.24) is 0 Å². The summed E-state index contributed by atoms with van der Waals surface area (Å²) in [6, 6.07) is 0. The Bertz CT molecular complexity index is 1340. The molecule has 0 aliphatic carbocycles. The van der Waals surface area contributed by atoms with E-state index in [9.17, 15) is 37.9 Å². The number of allylic oxidation sites excluding steroid dienone is 10. The second-order valence-electron chi connectivity index (χ2n) is 15.7. The molecule has 6 atom stereocenters. The van der Waals surface area contributed by atoms with Gasteiger partial charge in [-0.25, -0.2) is 0 Å². The summed E-state index contributed by atoms with van der Waals surface area (Å²) < 4.78 is 54.0. The summed E-state index contributed by atoms with van der Waals surface area (Å²) in [6.45, 7) is 3.67. The number of hydrogen-bond donors (Lipinski definition) is 4. The molecule has 1 heterocycles. The van der Waals surface area contributed by atoms with Crippen LogP contribution in [0.1, 0.15) is 168 Å². The van der Waals surface area contributed by atoms with E-state index in [0.717, 1.165) is 83.5 Å². The highest BCUT2D eigenvalue weighted by Gasteiger charge is 2.46. The van der Waals surface area contributed by atoms with E-state index in [4.69, 9.17) is 18.9 Å². The smallest absolute Gasteiger partial charge is 0.306 e. The van der Waals surface area contributed by atoms with Crippen LogP contribution in [0, 0.1) is 0 Å². The van der Waals surface area contributed by atoms with Crippen LogP contribution in [0.3, 0.4) is 0 Å². The molecule has 60 heavy (non-hydrogen) atoms. The van der Waals surface area contributed by atoms with E-state index in [1.54, 1.807) is 0 Å². The molecule has 2 unspecified atom stereocenters. The van der Waals surface area contributed by atoms with Gasteiger partial charge in [0.05, 0.1) is 6.61 Å². The average Bonchev–Trinajstić information content (AvgIpc) is 3.21. The lowest BCUT2D eigenvalue weighted by atomic mass is 10.00. The molecule has 12 nitrogen and oxygen atoms in total. The first kappa shape index (κ1) is 55.4. The van der Waals surface area contributed by atoms with Crippen molar-refractivity contribution in [3.8, 4) is 0 Å². The molecule has 0 aromatic rings. The van der Waals surface area contributed by atoms with Gasteiger partial charge in [0, 0.05) is 12.8 Å². The van der Waals surface area contributed by atoms with E-state index < -0.39 is 71.2 Å². The molecule has 1 aliphatic heterocycles. The van der Waals surface area contributed by atoms with Crippen LogP contribution in [0.2, 0.25) is 0 Å². The van der Waals surface area contributed by atoms with Gasteiger partial charge >= 0.3 is 11.9 Å². The van der Waals surface area contributed by atoms with Gasteiger partial charge in [-0.2, -0.15) is 8.42 Å². The van der Waals surface area contributed by atoms with E-state index in [1.165, 1.54) is 44.9 Å². The molecule has 0 aromatic heterocycles. The summed E-state index contributed by atoms with van der Waals surface area (Å²) in [4.78, 5) is 25.4. The summed E-state index contributed by atoms with van der Waals surface area (Å²) in [6.07, 6.45) is 35.4. The third kappa shape index (κ3) is 31.2. The van der Waals surface area contributed by atoms with Crippen LogP contribution in [-0.2, 0) is 38.7 Å². The highest BCUT2D eigenvalue weighted by Crippen LogP contribution is 2.24. The van der Waals surface area contributed by atoms with Gasteiger partial charge < -0.3 is 34.3 Å². The monoisotopic (exact) mass is 869 g/mol. The first-order valence-corrected chi connectivity index (χ1v) is 24.5. The lowest BCUT2D eigenvalue weighted by Gasteiger charge is -2.40. The van der Waals surface area contributed by atoms with Crippen molar-refractivity contribution in [1.29, 1.82) is 0 Å². The van der Waals surface area contributed by atoms with E-state index >= 15 is 0 Å². The number of rotatable bonds is 37. The van der Waals surface area contributed by atoms with Gasteiger partial charge in [-0.05, 0) is 77.0 Å². The van der Waals surface area contributed by atoms with Crippen LogP contribution >= 0.6 is 0 Å². The number of esters is 2. The van der Waals surface area contributed by atoms with Crippen molar-refractivity contribution < 1.29 is 56.8 Å². The van der Waals surface area contributed by atoms with E-state index in [2.05, 4.69) is 74.6 Å². The number of aliphatic hydroxyl groups excluding tert-OH is 3. The van der Waals surface area contributed by atoms with Crippen LogP contribution in [-0.4, -0.2) is 96.0 Å². The van der Waals surface area contributed by atoms with E-state index in [0.29, 0.717) is 12.8 Å². The van der Waals surface area contributed by atoms with Gasteiger partial charge in [0.25, 0.3) is 10.1 Å². The highest BCUT2D eigenvalue weighted by atomic mass is 32.2. The Morgan fingerprint density at radius 2 is 1.05 bits per heavy atom. The quantitative estimate of drug-likeness (QED) is 0.0153. The molecule has 0 bridgehead atoms. The Kier molecular flexibility index (Phi) is 34.1. The zero-order valence-electron chi connectivity index (χ0n) is 36.8. The van der Waals surface area contributed by atoms with Crippen LogP contribution in [0.4, 0.5) is 0 Å². The maximum absolute atomic E-state index is 12.8. The average molecular weight is 869 g/mol. The normalized spacial score (nSPS) is 20.7. The lowest BCUT2D eigenvalue weighted by molar-refractivity contribution is -0.297. The molecular formula is C47H80O12S. The molecule has 13 heteroatoms. The van der Waals surface area contributed by atoms with Crippen molar-refractivity contribution in [2.75, 3.05) is 19.0 Å². The maximum Gasteiger partial charge on any atom is 0.306 e. The Morgan fingerprint density at radius 1 is 0.583 bits per heavy atom. The third-order valence-electron chi connectivity index (χ3n) is 10.1. The van der Waals surface area contributed by atoms with Crippen molar-refractivity contribution >= 4 is 22.1 Å². The Balaban J connectivity index is 2.48. The molecular weight excluding hydrogens is 789 g/mol. The fourth-order valence-electron chi connectivity index (χ4n) is 6.50. The van der Waals surface area contributed by atoms with E-state index in [-0.39, 0.29) is 19.4 Å². The minimum absolute atomic E-state index is 0.133. The second kappa shape index (κ2) is 37.0. The fraction of sp³-hybridized carbons (Fsp3) is 0.745.